The van der Waals surface area contributed by atoms with Crippen molar-refractivity contribution in [2.45, 2.75) is 18.9 Å². The van der Waals surface area contributed by atoms with Crippen LogP contribution < -0.4 is 9.47 Å². The maximum Gasteiger partial charge on any atom is 0.417 e. The number of ether oxygens (including phenoxy) is 2. The van der Waals surface area contributed by atoms with E-state index in [-0.39, 0.29) is 18.1 Å². The highest BCUT2D eigenvalue weighted by molar-refractivity contribution is 5.42. The van der Waals surface area contributed by atoms with Crippen LogP contribution in [0, 0.1) is 0 Å². The van der Waals surface area contributed by atoms with Crippen LogP contribution in [-0.2, 0) is 6.61 Å². The molecule has 1 unspecified atom stereocenters. The number of hydrogen-bond donors (Lipinski definition) is 2. The van der Waals surface area contributed by atoms with E-state index in [0.717, 1.165) is 0 Å². The summed E-state index contributed by atoms with van der Waals surface area (Å²) >= 11 is 0. The average molecular weight is 266 g/mol. The first kappa shape index (κ1) is 14.6. The van der Waals surface area contributed by atoms with Crippen LogP contribution in [0.2, 0.25) is 0 Å². The monoisotopic (exact) mass is 266 g/mol. The van der Waals surface area contributed by atoms with Crippen molar-refractivity contribution in [3.05, 3.63) is 23.8 Å². The molecule has 18 heavy (non-hydrogen) atoms. The molecule has 0 fully saturated rings. The van der Waals surface area contributed by atoms with E-state index >= 15 is 0 Å². The lowest BCUT2D eigenvalue weighted by molar-refractivity contribution is -0.210. The van der Waals surface area contributed by atoms with Crippen molar-refractivity contribution < 1.29 is 32.9 Å². The molecule has 0 saturated heterocycles. The minimum Gasteiger partial charge on any atom is -0.493 e. The van der Waals surface area contributed by atoms with Gasteiger partial charge in [-0.15, -0.1) is 0 Å². The number of aliphatic hydroxyl groups is 2. The Morgan fingerprint density at radius 3 is 2.44 bits per heavy atom. The second-order valence-electron chi connectivity index (χ2n) is 3.51. The second kappa shape index (κ2) is 5.92. The third-order valence-electron chi connectivity index (χ3n) is 2.19. The van der Waals surface area contributed by atoms with Gasteiger partial charge in [-0.25, -0.2) is 0 Å². The molecule has 4 nitrogen and oxygen atoms in total. The normalized spacial score (nSPS) is 13.2. The molecule has 1 aromatic rings. The molecule has 102 valence electrons. The Hall–Kier alpha value is -1.47. The predicted octanol–water partition coefficient (Wildman–Crippen LogP) is 1.49. The van der Waals surface area contributed by atoms with E-state index in [9.17, 15) is 13.2 Å². The van der Waals surface area contributed by atoms with E-state index in [2.05, 4.69) is 0 Å². The van der Waals surface area contributed by atoms with Crippen molar-refractivity contribution in [2.75, 3.05) is 13.7 Å². The van der Waals surface area contributed by atoms with Gasteiger partial charge in [0.15, 0.2) is 17.6 Å². The van der Waals surface area contributed by atoms with Crippen LogP contribution in [0.4, 0.5) is 13.2 Å². The first-order valence-electron chi connectivity index (χ1n) is 5.04. The smallest absolute Gasteiger partial charge is 0.417 e. The van der Waals surface area contributed by atoms with Crippen LogP contribution in [0.25, 0.3) is 0 Å². The zero-order valence-electron chi connectivity index (χ0n) is 9.57. The van der Waals surface area contributed by atoms with Gasteiger partial charge in [0, 0.05) is 0 Å². The van der Waals surface area contributed by atoms with Gasteiger partial charge < -0.3 is 19.7 Å². The summed E-state index contributed by atoms with van der Waals surface area (Å²) in [6.45, 7) is -1.14. The van der Waals surface area contributed by atoms with Gasteiger partial charge in [0.25, 0.3) is 0 Å². The van der Waals surface area contributed by atoms with Gasteiger partial charge in [0.1, 0.15) is 6.61 Å². The minimum atomic E-state index is -4.72. The summed E-state index contributed by atoms with van der Waals surface area (Å²) in [6, 6.07) is 4.29. The van der Waals surface area contributed by atoms with Gasteiger partial charge in [-0.05, 0) is 17.7 Å². The van der Waals surface area contributed by atoms with E-state index in [1.165, 1.54) is 25.3 Å². The molecule has 0 aliphatic carbocycles. The fourth-order valence-electron chi connectivity index (χ4n) is 1.19. The van der Waals surface area contributed by atoms with Crippen LogP contribution in [0.5, 0.6) is 11.5 Å². The van der Waals surface area contributed by atoms with Gasteiger partial charge in [-0.2, -0.15) is 13.2 Å². The number of hydrogen-bond acceptors (Lipinski definition) is 4. The van der Waals surface area contributed by atoms with Crippen molar-refractivity contribution in [2.24, 2.45) is 0 Å². The van der Waals surface area contributed by atoms with E-state index in [4.69, 9.17) is 19.7 Å². The van der Waals surface area contributed by atoms with Crippen LogP contribution >= 0.6 is 0 Å². The van der Waals surface area contributed by atoms with Crippen molar-refractivity contribution in [1.82, 2.24) is 0 Å². The lowest BCUT2D eigenvalue weighted by Crippen LogP contribution is -2.34. The van der Waals surface area contributed by atoms with Crippen molar-refractivity contribution >= 4 is 0 Å². The second-order valence-corrected chi connectivity index (χ2v) is 3.51. The van der Waals surface area contributed by atoms with Gasteiger partial charge in [-0.3, -0.25) is 0 Å². The highest BCUT2D eigenvalue weighted by Gasteiger charge is 2.38. The Morgan fingerprint density at radius 2 is 1.94 bits per heavy atom. The molecular weight excluding hydrogens is 253 g/mol. The summed E-state index contributed by atoms with van der Waals surface area (Å²) in [5, 5.41) is 17.7. The molecule has 0 aromatic heterocycles. The molecule has 7 heteroatoms. The van der Waals surface area contributed by atoms with Gasteiger partial charge in [0.2, 0.25) is 0 Å². The fourth-order valence-corrected chi connectivity index (χ4v) is 1.19. The Morgan fingerprint density at radius 1 is 1.28 bits per heavy atom. The highest BCUT2D eigenvalue weighted by Crippen LogP contribution is 2.29. The minimum absolute atomic E-state index is 0.0676. The van der Waals surface area contributed by atoms with E-state index in [1.807, 2.05) is 0 Å². The lowest BCUT2D eigenvalue weighted by Gasteiger charge is -2.16. The zero-order chi connectivity index (χ0) is 13.8. The first-order valence-corrected chi connectivity index (χ1v) is 5.04. The van der Waals surface area contributed by atoms with Crippen molar-refractivity contribution in [1.29, 1.82) is 0 Å². The fraction of sp³-hybridized carbons (Fsp3) is 0.455. The summed E-state index contributed by atoms with van der Waals surface area (Å²) in [5.41, 5.74) is 0.538. The van der Waals surface area contributed by atoms with Crippen molar-refractivity contribution in [3.8, 4) is 11.5 Å². The Bertz CT molecular complexity index is 392. The maximum absolute atomic E-state index is 12.1. The SMILES string of the molecule is COc1cc(CO)ccc1OCC(O)C(F)(F)F. The highest BCUT2D eigenvalue weighted by atomic mass is 19.4. The third kappa shape index (κ3) is 3.78. The van der Waals surface area contributed by atoms with Gasteiger partial charge in [0.05, 0.1) is 13.7 Å². The maximum atomic E-state index is 12.1. The van der Waals surface area contributed by atoms with E-state index < -0.39 is 18.9 Å². The average Bonchev–Trinajstić information content (AvgIpc) is 2.34. The summed E-state index contributed by atoms with van der Waals surface area (Å²) in [7, 11) is 1.32. The Labute approximate surface area is 102 Å². The molecule has 2 N–H and O–H groups in total. The number of methoxy groups -OCH3 is 1. The number of alkyl halides is 3. The number of benzene rings is 1. The zero-order valence-corrected chi connectivity index (χ0v) is 9.57. The summed E-state index contributed by atoms with van der Waals surface area (Å²) in [5.74, 6) is 0.258. The number of aliphatic hydroxyl groups excluding tert-OH is 2. The molecule has 0 bridgehead atoms. The Balaban J connectivity index is 2.73. The van der Waals surface area contributed by atoms with E-state index in [1.54, 1.807) is 0 Å². The summed E-state index contributed by atoms with van der Waals surface area (Å²) in [6.07, 6.45) is -7.28. The molecule has 0 aliphatic rings. The molecule has 1 aromatic carbocycles. The molecule has 0 saturated carbocycles. The number of rotatable bonds is 5. The van der Waals surface area contributed by atoms with E-state index in [0.29, 0.717) is 5.56 Å². The van der Waals surface area contributed by atoms with Crippen LogP contribution in [-0.4, -0.2) is 36.2 Å². The van der Waals surface area contributed by atoms with Crippen molar-refractivity contribution in [3.63, 3.8) is 0 Å². The topological polar surface area (TPSA) is 58.9 Å². The van der Waals surface area contributed by atoms with Gasteiger partial charge >= 0.3 is 6.18 Å². The molecule has 1 rings (SSSR count). The molecule has 0 amide bonds. The van der Waals surface area contributed by atoms with Crippen LogP contribution in [0.15, 0.2) is 18.2 Å². The molecular formula is C11H13F3O4. The molecule has 0 aliphatic heterocycles. The largest absolute Gasteiger partial charge is 0.493 e. The molecule has 0 radical (unpaired) electrons. The first-order chi connectivity index (χ1) is 8.38. The van der Waals surface area contributed by atoms with Crippen LogP contribution in [0.1, 0.15) is 5.56 Å². The predicted molar refractivity (Wildman–Crippen MR) is 56.5 cm³/mol. The summed E-state index contributed by atoms with van der Waals surface area (Å²) < 4.78 is 45.9. The summed E-state index contributed by atoms with van der Waals surface area (Å²) in [4.78, 5) is 0. The third-order valence-corrected chi connectivity index (χ3v) is 2.19. The number of halogens is 3. The molecule has 0 spiro atoms. The molecule has 1 atom stereocenters. The standard InChI is InChI=1S/C11H13F3O4/c1-17-9-4-7(5-15)2-3-8(9)18-6-10(16)11(12,13)14/h2-4,10,15-16H,5-6H2,1H3. The van der Waals surface area contributed by atoms with Gasteiger partial charge in [-0.1, -0.05) is 6.07 Å². The quantitative estimate of drug-likeness (QED) is 0.847. The Kier molecular flexibility index (Phi) is 4.80. The lowest BCUT2D eigenvalue weighted by atomic mass is 10.2. The van der Waals surface area contributed by atoms with Crippen LogP contribution in [0.3, 0.4) is 0 Å². The molecule has 0 heterocycles.